The van der Waals surface area contributed by atoms with Crippen molar-refractivity contribution < 1.29 is 9.59 Å². The summed E-state index contributed by atoms with van der Waals surface area (Å²) in [4.78, 5) is 29.2. The van der Waals surface area contributed by atoms with Crippen LogP contribution in [0.3, 0.4) is 0 Å². The molecule has 0 spiro atoms. The van der Waals surface area contributed by atoms with Gasteiger partial charge in [-0.15, -0.1) is 0 Å². The number of hydrogen-bond donors (Lipinski definition) is 0. The van der Waals surface area contributed by atoms with E-state index in [9.17, 15) is 9.59 Å². The number of rotatable bonds is 2. The molecule has 1 saturated heterocycles. The predicted molar refractivity (Wildman–Crippen MR) is 97.9 cm³/mol. The van der Waals surface area contributed by atoms with Gasteiger partial charge in [0.25, 0.3) is 5.91 Å². The molecule has 2 bridgehead atoms. The van der Waals surface area contributed by atoms with Gasteiger partial charge in [-0.1, -0.05) is 29.6 Å². The summed E-state index contributed by atoms with van der Waals surface area (Å²) in [7, 11) is 0. The number of fused-ring (bicyclic) bond motifs is 2. The standard InChI is InChI=1S/C19H22Cl2N2O2/c20-15-9-14(10-16(21)11-15)18(24)22-3-5-23(6-4-22)19(25)17-8-12-1-2-13(17)7-12/h9-13,17H,1-8H2/t12-,13-,17-/m1/s1. The molecule has 1 aromatic rings. The molecule has 134 valence electrons. The molecule has 6 heteroatoms. The van der Waals surface area contributed by atoms with Gasteiger partial charge in [0, 0.05) is 47.7 Å². The molecule has 2 aliphatic carbocycles. The molecule has 0 N–H and O–H groups in total. The summed E-state index contributed by atoms with van der Waals surface area (Å²) < 4.78 is 0. The third kappa shape index (κ3) is 3.39. The highest BCUT2D eigenvalue weighted by molar-refractivity contribution is 6.35. The van der Waals surface area contributed by atoms with Crippen LogP contribution in [-0.2, 0) is 4.79 Å². The van der Waals surface area contributed by atoms with E-state index in [2.05, 4.69) is 0 Å². The summed E-state index contributed by atoms with van der Waals surface area (Å²) in [6, 6.07) is 4.90. The van der Waals surface area contributed by atoms with E-state index in [-0.39, 0.29) is 11.8 Å². The van der Waals surface area contributed by atoms with Crippen LogP contribution in [0.2, 0.25) is 10.0 Å². The number of hydrogen-bond acceptors (Lipinski definition) is 2. The summed E-state index contributed by atoms with van der Waals surface area (Å²) in [5.74, 6) is 1.84. The first-order valence-electron chi connectivity index (χ1n) is 9.05. The molecular weight excluding hydrogens is 359 g/mol. The molecule has 3 aliphatic rings. The van der Waals surface area contributed by atoms with E-state index >= 15 is 0 Å². The van der Waals surface area contributed by atoms with Crippen LogP contribution in [0.15, 0.2) is 18.2 Å². The van der Waals surface area contributed by atoms with Gasteiger partial charge in [0.15, 0.2) is 0 Å². The van der Waals surface area contributed by atoms with Crippen molar-refractivity contribution in [3.63, 3.8) is 0 Å². The number of carbonyl (C=O) groups excluding carboxylic acids is 2. The van der Waals surface area contributed by atoms with Crippen LogP contribution >= 0.6 is 23.2 Å². The summed E-state index contributed by atoms with van der Waals surface area (Å²) in [6.07, 6.45) is 4.84. The summed E-state index contributed by atoms with van der Waals surface area (Å²) in [5, 5.41) is 0.918. The zero-order chi connectivity index (χ0) is 17.6. The van der Waals surface area contributed by atoms with Crippen LogP contribution in [0, 0.1) is 17.8 Å². The Hall–Kier alpha value is -1.26. The lowest BCUT2D eigenvalue weighted by Crippen LogP contribution is -2.52. The Morgan fingerprint density at radius 3 is 2.08 bits per heavy atom. The second kappa shape index (κ2) is 6.81. The maximum absolute atomic E-state index is 12.8. The van der Waals surface area contributed by atoms with Gasteiger partial charge < -0.3 is 9.80 Å². The quantitative estimate of drug-likeness (QED) is 0.784. The van der Waals surface area contributed by atoms with E-state index in [4.69, 9.17) is 23.2 Å². The molecular formula is C19H22Cl2N2O2. The van der Waals surface area contributed by atoms with Crippen molar-refractivity contribution in [2.24, 2.45) is 17.8 Å². The van der Waals surface area contributed by atoms with Crippen LogP contribution in [0.1, 0.15) is 36.0 Å². The normalized spacial score (nSPS) is 28.5. The van der Waals surface area contributed by atoms with Crippen molar-refractivity contribution in [1.29, 1.82) is 0 Å². The van der Waals surface area contributed by atoms with Gasteiger partial charge in [-0.2, -0.15) is 0 Å². The fourth-order valence-corrected chi connectivity index (χ4v) is 5.30. The monoisotopic (exact) mass is 380 g/mol. The Kier molecular flexibility index (Phi) is 4.67. The van der Waals surface area contributed by atoms with Crippen molar-refractivity contribution in [1.82, 2.24) is 9.80 Å². The minimum Gasteiger partial charge on any atom is -0.339 e. The van der Waals surface area contributed by atoms with Crippen LogP contribution in [0.4, 0.5) is 0 Å². The molecule has 1 aromatic carbocycles. The number of halogens is 2. The highest BCUT2D eigenvalue weighted by atomic mass is 35.5. The fourth-order valence-electron chi connectivity index (χ4n) is 4.77. The molecule has 25 heavy (non-hydrogen) atoms. The van der Waals surface area contributed by atoms with Crippen LogP contribution < -0.4 is 0 Å². The Balaban J connectivity index is 1.36. The zero-order valence-corrected chi connectivity index (χ0v) is 15.6. The van der Waals surface area contributed by atoms with E-state index in [0.29, 0.717) is 53.6 Å². The third-order valence-electron chi connectivity index (χ3n) is 6.04. The molecule has 1 heterocycles. The van der Waals surface area contributed by atoms with Crippen LogP contribution in [-0.4, -0.2) is 47.8 Å². The first-order valence-corrected chi connectivity index (χ1v) is 9.81. The van der Waals surface area contributed by atoms with Gasteiger partial charge in [-0.25, -0.2) is 0 Å². The lowest BCUT2D eigenvalue weighted by Gasteiger charge is -2.37. The summed E-state index contributed by atoms with van der Waals surface area (Å²) in [5.41, 5.74) is 0.505. The molecule has 4 rings (SSSR count). The molecule has 2 saturated carbocycles. The fraction of sp³-hybridized carbons (Fsp3) is 0.579. The van der Waals surface area contributed by atoms with E-state index in [1.165, 1.54) is 19.3 Å². The highest BCUT2D eigenvalue weighted by Crippen LogP contribution is 2.48. The average molecular weight is 381 g/mol. The number of nitrogens with zero attached hydrogens (tertiary/aromatic N) is 2. The van der Waals surface area contributed by atoms with Gasteiger partial charge in [0.2, 0.25) is 5.91 Å². The van der Waals surface area contributed by atoms with Gasteiger partial charge in [0.05, 0.1) is 0 Å². The van der Waals surface area contributed by atoms with E-state index in [1.807, 2.05) is 4.90 Å². The lowest BCUT2D eigenvalue weighted by molar-refractivity contribution is -0.138. The Morgan fingerprint density at radius 1 is 0.880 bits per heavy atom. The largest absolute Gasteiger partial charge is 0.339 e. The minimum atomic E-state index is -0.0728. The van der Waals surface area contributed by atoms with Crippen molar-refractivity contribution in [3.05, 3.63) is 33.8 Å². The number of piperazine rings is 1. The van der Waals surface area contributed by atoms with E-state index in [0.717, 1.165) is 12.3 Å². The second-order valence-corrected chi connectivity index (χ2v) is 8.43. The molecule has 1 aliphatic heterocycles. The van der Waals surface area contributed by atoms with Gasteiger partial charge >= 0.3 is 0 Å². The first kappa shape index (κ1) is 17.2. The topological polar surface area (TPSA) is 40.6 Å². The van der Waals surface area contributed by atoms with E-state index < -0.39 is 0 Å². The predicted octanol–water partition coefficient (Wildman–Crippen LogP) is 3.71. The summed E-state index contributed by atoms with van der Waals surface area (Å²) >= 11 is 12.0. The smallest absolute Gasteiger partial charge is 0.254 e. The molecule has 3 atom stereocenters. The Labute approximate surface area is 158 Å². The van der Waals surface area contributed by atoms with Gasteiger partial charge in [-0.05, 0) is 49.3 Å². The van der Waals surface area contributed by atoms with Crippen molar-refractivity contribution in [2.45, 2.75) is 25.7 Å². The number of benzene rings is 1. The molecule has 0 radical (unpaired) electrons. The van der Waals surface area contributed by atoms with Crippen molar-refractivity contribution in [2.75, 3.05) is 26.2 Å². The Morgan fingerprint density at radius 2 is 1.52 bits per heavy atom. The maximum atomic E-state index is 12.8. The lowest BCUT2D eigenvalue weighted by atomic mass is 9.87. The maximum Gasteiger partial charge on any atom is 0.254 e. The van der Waals surface area contributed by atoms with E-state index in [1.54, 1.807) is 23.1 Å². The third-order valence-corrected chi connectivity index (χ3v) is 6.48. The van der Waals surface area contributed by atoms with Gasteiger partial charge in [-0.3, -0.25) is 9.59 Å². The molecule has 0 aromatic heterocycles. The highest BCUT2D eigenvalue weighted by Gasteiger charge is 2.44. The van der Waals surface area contributed by atoms with Gasteiger partial charge in [0.1, 0.15) is 0 Å². The summed E-state index contributed by atoms with van der Waals surface area (Å²) in [6.45, 7) is 2.37. The molecule has 2 amide bonds. The second-order valence-electron chi connectivity index (χ2n) is 7.56. The molecule has 4 nitrogen and oxygen atoms in total. The zero-order valence-electron chi connectivity index (χ0n) is 14.1. The van der Waals surface area contributed by atoms with Crippen LogP contribution in [0.5, 0.6) is 0 Å². The SMILES string of the molecule is O=C(c1cc(Cl)cc(Cl)c1)N1CCN(C(=O)[C@@H]2C[C@@H]3CC[C@@H]2C3)CC1. The van der Waals surface area contributed by atoms with Crippen molar-refractivity contribution >= 4 is 35.0 Å². The van der Waals surface area contributed by atoms with Crippen LogP contribution in [0.25, 0.3) is 0 Å². The Bertz CT molecular complexity index is 680. The number of amides is 2. The average Bonchev–Trinajstić information content (AvgIpc) is 3.23. The molecule has 3 fully saturated rings. The molecule has 0 unspecified atom stereocenters. The minimum absolute atomic E-state index is 0.0728. The van der Waals surface area contributed by atoms with Crippen molar-refractivity contribution in [3.8, 4) is 0 Å². The first-order chi connectivity index (χ1) is 12.0. The number of carbonyl (C=O) groups is 2.